The maximum Gasteiger partial charge on any atom is 0.256 e. The van der Waals surface area contributed by atoms with E-state index in [-0.39, 0.29) is 84.5 Å². The van der Waals surface area contributed by atoms with Crippen LogP contribution in [0.3, 0.4) is 0 Å². The number of nitriles is 1. The molecule has 498 valence electrons. The Hall–Kier alpha value is -9.96. The summed E-state index contributed by atoms with van der Waals surface area (Å²) in [6, 6.07) is 30.8. The first-order valence-corrected chi connectivity index (χ1v) is 33.7. The Morgan fingerprint density at radius 1 is 0.660 bits per heavy atom. The van der Waals surface area contributed by atoms with E-state index in [1.165, 1.54) is 18.2 Å². The van der Waals surface area contributed by atoms with E-state index in [1.807, 2.05) is 110 Å². The number of H-pyrrole nitrogens is 1. The number of carbonyl (C=O) groups excluding carboxylic acids is 8. The predicted octanol–water partition coefficient (Wildman–Crippen LogP) is 9.21. The van der Waals surface area contributed by atoms with Gasteiger partial charge in [-0.2, -0.15) is 5.26 Å². The third-order valence-corrected chi connectivity index (χ3v) is 19.1. The number of rotatable bonds is 20. The van der Waals surface area contributed by atoms with Crippen LogP contribution in [0.5, 0.6) is 0 Å². The van der Waals surface area contributed by atoms with Gasteiger partial charge >= 0.3 is 0 Å². The number of hydrogen-bond donors (Lipinski definition) is 3. The largest absolute Gasteiger partial charge is 0.353 e. The number of para-hydroxylation sites is 1. The van der Waals surface area contributed by atoms with Crippen LogP contribution in [-0.2, 0) is 54.8 Å². The minimum absolute atomic E-state index is 0.00562. The molecular formula is C72H71Br2ClN14O8. The van der Waals surface area contributed by atoms with Crippen LogP contribution in [0.2, 0.25) is 5.02 Å². The maximum absolute atomic E-state index is 13.8. The van der Waals surface area contributed by atoms with Crippen LogP contribution in [0.25, 0.3) is 43.6 Å². The summed E-state index contributed by atoms with van der Waals surface area (Å²) in [5.74, 6) is 1.47. The number of likely N-dealkylation sites (tertiary alicyclic amines) is 3. The van der Waals surface area contributed by atoms with Gasteiger partial charge in [0.05, 0.1) is 35.8 Å². The van der Waals surface area contributed by atoms with Crippen molar-refractivity contribution < 1.29 is 38.4 Å². The molecule has 13 rings (SSSR count). The molecule has 9 heterocycles. The second-order valence-corrected chi connectivity index (χ2v) is 26.7. The van der Waals surface area contributed by atoms with Gasteiger partial charge < -0.3 is 53.8 Å². The van der Waals surface area contributed by atoms with Crippen LogP contribution in [-0.4, -0.2) is 173 Å². The minimum Gasteiger partial charge on any atom is -0.353 e. The average Bonchev–Trinajstić information content (AvgIpc) is 1.62. The number of fused-ring (bicyclic) bond motifs is 5. The molecule has 0 spiro atoms. The van der Waals surface area contributed by atoms with Crippen LogP contribution in [0.4, 0.5) is 5.82 Å². The van der Waals surface area contributed by atoms with Crippen molar-refractivity contribution in [3.05, 3.63) is 196 Å². The summed E-state index contributed by atoms with van der Waals surface area (Å²) in [5, 5.41) is 19.3. The monoisotopic (exact) mass is 1450 g/mol. The molecule has 4 saturated heterocycles. The highest BCUT2D eigenvalue weighted by molar-refractivity contribution is 9.10. The van der Waals surface area contributed by atoms with Crippen LogP contribution >= 0.6 is 43.5 Å². The van der Waals surface area contributed by atoms with E-state index in [1.54, 1.807) is 45.6 Å². The van der Waals surface area contributed by atoms with Crippen LogP contribution in [0.1, 0.15) is 50.6 Å². The number of piperazine rings is 1. The van der Waals surface area contributed by atoms with Crippen molar-refractivity contribution in [2.45, 2.75) is 51.9 Å². The Kier molecular flexibility index (Phi) is 21.5. The number of anilines is 1. The maximum atomic E-state index is 13.8. The van der Waals surface area contributed by atoms with Crippen molar-refractivity contribution in [3.63, 3.8) is 0 Å². The summed E-state index contributed by atoms with van der Waals surface area (Å²) in [7, 11) is 0. The average molecular weight is 1460 g/mol. The summed E-state index contributed by atoms with van der Waals surface area (Å²) in [4.78, 5) is 120. The Bertz CT molecular complexity index is 4600. The third-order valence-electron chi connectivity index (χ3n) is 17.9. The van der Waals surface area contributed by atoms with Crippen LogP contribution in [0, 0.1) is 30.1 Å². The number of carbonyl (C=O) groups is 8. The summed E-state index contributed by atoms with van der Waals surface area (Å²) in [5.41, 5.74) is 6.09. The van der Waals surface area contributed by atoms with Gasteiger partial charge in [-0.1, -0.05) is 81.4 Å². The quantitative estimate of drug-likeness (QED) is 0.0604. The lowest BCUT2D eigenvalue weighted by Gasteiger charge is -2.38. The number of halogens is 3. The molecule has 22 nitrogen and oxygen atoms in total. The highest BCUT2D eigenvalue weighted by Crippen LogP contribution is 2.34. The van der Waals surface area contributed by atoms with Crippen molar-refractivity contribution >= 4 is 140 Å². The summed E-state index contributed by atoms with van der Waals surface area (Å²) in [6.07, 6.45) is 12.0. The zero-order valence-corrected chi connectivity index (χ0v) is 57.3. The smallest absolute Gasteiger partial charge is 0.256 e. The summed E-state index contributed by atoms with van der Waals surface area (Å²) >= 11 is 13.2. The van der Waals surface area contributed by atoms with E-state index >= 15 is 0 Å². The number of nitrogens with zero attached hydrogens (tertiary/aromatic N) is 11. The number of amides is 6. The Morgan fingerprint density at radius 3 is 1.88 bits per heavy atom. The molecule has 0 aliphatic carbocycles. The van der Waals surface area contributed by atoms with Gasteiger partial charge in [0, 0.05) is 191 Å². The van der Waals surface area contributed by atoms with Gasteiger partial charge in [0.1, 0.15) is 24.3 Å². The molecule has 0 bridgehead atoms. The molecule has 4 fully saturated rings. The number of aromatic amines is 1. The molecule has 4 aliphatic rings. The standard InChI is InChI=1S/C29H29BrN6O3.C23H24BrN5O3.C20H18ClN3O2/c1-3-27(38)35-16-21(17-35)12-23(37)18-36-19(2)28(24-13-22(30)5-6-25(24)36)29(39)34-10-8-33(9-11-34)26-7-4-20(14-31)15-32-26;1-2-22(31)29-11-15(12-29)9-17(30)13-28-14-19(18-10-16(24)3-4-20(18)28)23(32)27-6-5-21-25-7-8-26-21;1-2-20(26)23-10-14(11-23)22-19(25)12-24-17-6-4-3-5-15(17)16-9-13(21)7-8-18(16)24/h3-7,13,15,21H,1,8-12,16-18H2,2H3;2-4,7-8,10,14-15H,1,5-6,9,11-13H2,(H,25,26)(H,27,32);2-9,14H,1,10-12H2,(H,22,25). The first kappa shape index (κ1) is 68.4. The van der Waals surface area contributed by atoms with E-state index in [4.69, 9.17) is 16.9 Å². The topological polar surface area (TPSA) is 257 Å². The van der Waals surface area contributed by atoms with Gasteiger partial charge in [-0.3, -0.25) is 38.4 Å². The fourth-order valence-corrected chi connectivity index (χ4v) is 13.8. The highest BCUT2D eigenvalue weighted by atomic mass is 79.9. The summed E-state index contributed by atoms with van der Waals surface area (Å²) < 4.78 is 7.50. The van der Waals surface area contributed by atoms with Crippen molar-refractivity contribution in [2.24, 2.45) is 11.8 Å². The number of aromatic nitrogens is 6. The molecule has 9 aromatic rings. The number of hydrogen-bond acceptors (Lipinski definition) is 12. The van der Waals surface area contributed by atoms with Gasteiger partial charge in [-0.05, 0) is 97.9 Å². The number of ketones is 2. The summed E-state index contributed by atoms with van der Waals surface area (Å²) in [6.45, 7) is 19.1. The SMILES string of the molecule is C=CC(=O)N1CC(CC(=O)Cn2c(C)c(C(=O)N3CCN(c4ccc(C#N)cn4)CC3)c3cc(Br)ccc32)C1.C=CC(=O)N1CC(CC(=O)Cn2cc(C(=O)NCCc3ncc[nH]3)c3cc(Br)ccc32)C1.C=CC(=O)N1CC(NC(=O)Cn2c3ccccc3c3cc(Cl)ccc32)C1. The highest BCUT2D eigenvalue weighted by Gasteiger charge is 2.35. The molecule has 0 atom stereocenters. The van der Waals surface area contributed by atoms with E-state index < -0.39 is 0 Å². The molecule has 4 aliphatic heterocycles. The molecule has 5 aromatic heterocycles. The first-order valence-electron chi connectivity index (χ1n) is 31.8. The Balaban J connectivity index is 0.000000151. The fraction of sp³-hybridized carbons (Fsp3) is 0.292. The van der Waals surface area contributed by atoms with E-state index in [0.717, 1.165) is 69.9 Å². The first-order chi connectivity index (χ1) is 46.8. The van der Waals surface area contributed by atoms with Crippen LogP contribution < -0.4 is 15.5 Å². The Labute approximate surface area is 581 Å². The molecule has 97 heavy (non-hydrogen) atoms. The number of nitrogens with one attached hydrogen (secondary N) is 3. The van der Waals surface area contributed by atoms with Crippen molar-refractivity contribution in [2.75, 3.05) is 76.9 Å². The van der Waals surface area contributed by atoms with E-state index in [0.29, 0.717) is 113 Å². The molecule has 0 radical (unpaired) electrons. The zero-order chi connectivity index (χ0) is 68.6. The lowest BCUT2D eigenvalue weighted by atomic mass is 9.94. The zero-order valence-electron chi connectivity index (χ0n) is 53.4. The molecule has 6 amide bonds. The van der Waals surface area contributed by atoms with Gasteiger partial charge in [0.25, 0.3) is 11.8 Å². The molecule has 0 unspecified atom stereocenters. The molecule has 25 heteroatoms. The molecular weight excluding hydrogens is 1380 g/mol. The molecule has 3 N–H and O–H groups in total. The van der Waals surface area contributed by atoms with Gasteiger partial charge in [-0.15, -0.1) is 0 Å². The number of benzene rings is 4. The second-order valence-electron chi connectivity index (χ2n) is 24.5. The number of imidazole rings is 1. The van der Waals surface area contributed by atoms with Gasteiger partial charge in [-0.25, -0.2) is 9.97 Å². The second kappa shape index (κ2) is 30.4. The Morgan fingerprint density at radius 2 is 1.26 bits per heavy atom. The normalized spacial score (nSPS) is 14.7. The van der Waals surface area contributed by atoms with Crippen molar-refractivity contribution in [3.8, 4) is 6.07 Å². The van der Waals surface area contributed by atoms with Crippen molar-refractivity contribution in [1.82, 2.24) is 58.9 Å². The lowest BCUT2D eigenvalue weighted by molar-refractivity contribution is -0.134. The minimum atomic E-state index is -0.191. The third kappa shape index (κ3) is 15.7. The molecule has 4 aromatic carbocycles. The predicted molar refractivity (Wildman–Crippen MR) is 379 cm³/mol. The lowest BCUT2D eigenvalue weighted by Crippen LogP contribution is -2.61. The van der Waals surface area contributed by atoms with Crippen molar-refractivity contribution in [1.29, 1.82) is 5.26 Å². The fourth-order valence-electron chi connectivity index (χ4n) is 12.9. The van der Waals surface area contributed by atoms with Gasteiger partial charge in [0.15, 0.2) is 11.6 Å². The van der Waals surface area contributed by atoms with E-state index in [2.05, 4.69) is 88.2 Å². The molecule has 0 saturated carbocycles. The van der Waals surface area contributed by atoms with E-state index in [9.17, 15) is 38.4 Å². The van der Waals surface area contributed by atoms with Crippen LogP contribution in [0.15, 0.2) is 163 Å². The van der Waals surface area contributed by atoms with Gasteiger partial charge in [0.2, 0.25) is 23.6 Å². The number of pyridine rings is 1. The number of Topliss-reactive ketones (excluding diaryl/α,β-unsaturated/α-hetero) is 2.